The van der Waals surface area contributed by atoms with Crippen LogP contribution in [-0.2, 0) is 16.0 Å². The fraction of sp³-hybridized carbons (Fsp3) is 0.500. The zero-order valence-electron chi connectivity index (χ0n) is 16.1. The summed E-state index contributed by atoms with van der Waals surface area (Å²) in [5, 5.41) is 18.5. The Bertz CT molecular complexity index is 753. The van der Waals surface area contributed by atoms with Crippen molar-refractivity contribution in [2.45, 2.75) is 32.1 Å². The first-order valence-electron chi connectivity index (χ1n) is 9.99. The molecule has 6 heteroatoms. The zero-order valence-corrected chi connectivity index (χ0v) is 16.1. The van der Waals surface area contributed by atoms with Crippen molar-refractivity contribution < 1.29 is 14.7 Å². The summed E-state index contributed by atoms with van der Waals surface area (Å²) in [4.78, 5) is 27.5. The molecule has 3 rings (SSSR count). The molecule has 0 aliphatic carbocycles. The van der Waals surface area contributed by atoms with Gasteiger partial charge in [-0.15, -0.1) is 0 Å². The van der Waals surface area contributed by atoms with Crippen molar-refractivity contribution in [3.8, 4) is 6.07 Å². The van der Waals surface area contributed by atoms with Crippen molar-refractivity contribution in [2.24, 2.45) is 11.8 Å². The number of piperidine rings is 2. The highest BCUT2D eigenvalue weighted by molar-refractivity contribution is 5.97. The Kier molecular flexibility index (Phi) is 6.70. The number of carbonyl (C=O) groups is 2. The number of carboxylic acid groups (broad SMARTS) is 1. The first-order valence-corrected chi connectivity index (χ1v) is 9.99. The van der Waals surface area contributed by atoms with Crippen LogP contribution in [0, 0.1) is 23.2 Å². The van der Waals surface area contributed by atoms with Gasteiger partial charge in [-0.3, -0.25) is 9.59 Å². The molecule has 0 aromatic heterocycles. The van der Waals surface area contributed by atoms with Crippen molar-refractivity contribution in [2.75, 3.05) is 26.2 Å². The third-order valence-corrected chi connectivity index (χ3v) is 5.81. The van der Waals surface area contributed by atoms with E-state index >= 15 is 0 Å². The lowest BCUT2D eigenvalue weighted by Crippen LogP contribution is -2.40. The lowest BCUT2D eigenvalue weighted by atomic mass is 9.90. The highest BCUT2D eigenvalue weighted by Crippen LogP contribution is 2.23. The van der Waals surface area contributed by atoms with E-state index < -0.39 is 5.97 Å². The summed E-state index contributed by atoms with van der Waals surface area (Å²) >= 11 is 0. The van der Waals surface area contributed by atoms with Crippen LogP contribution in [0.25, 0.3) is 0 Å². The van der Waals surface area contributed by atoms with Crippen molar-refractivity contribution in [3.63, 3.8) is 0 Å². The number of hydrogen-bond acceptors (Lipinski definition) is 4. The van der Waals surface area contributed by atoms with E-state index in [-0.39, 0.29) is 17.4 Å². The molecule has 2 aliphatic heterocycles. The number of hydrogen-bond donors (Lipinski definition) is 1. The van der Waals surface area contributed by atoms with Crippen LogP contribution in [0.15, 0.2) is 42.1 Å². The molecule has 1 N–H and O–H groups in total. The van der Waals surface area contributed by atoms with E-state index in [1.54, 1.807) is 11.1 Å². The fourth-order valence-corrected chi connectivity index (χ4v) is 4.05. The molecule has 28 heavy (non-hydrogen) atoms. The summed E-state index contributed by atoms with van der Waals surface area (Å²) < 4.78 is 0. The molecule has 0 saturated carbocycles. The second kappa shape index (κ2) is 9.41. The molecule has 0 unspecified atom stereocenters. The first-order chi connectivity index (χ1) is 13.6. The number of amides is 1. The number of nitrogens with zero attached hydrogens (tertiary/aromatic N) is 3. The number of carboxylic acids is 1. The van der Waals surface area contributed by atoms with E-state index in [2.05, 4.69) is 24.3 Å². The minimum Gasteiger partial charge on any atom is -0.481 e. The summed E-state index contributed by atoms with van der Waals surface area (Å²) in [7, 11) is 0. The molecule has 148 valence electrons. The van der Waals surface area contributed by atoms with Gasteiger partial charge < -0.3 is 14.9 Å². The maximum atomic E-state index is 12.8. The van der Waals surface area contributed by atoms with Crippen molar-refractivity contribution >= 4 is 11.9 Å². The van der Waals surface area contributed by atoms with Gasteiger partial charge in [-0.25, -0.2) is 0 Å². The Labute approximate surface area is 166 Å². The maximum absolute atomic E-state index is 12.8. The normalized spacial score (nSPS) is 19.3. The van der Waals surface area contributed by atoms with Gasteiger partial charge in [0.1, 0.15) is 11.6 Å². The molecule has 2 fully saturated rings. The van der Waals surface area contributed by atoms with E-state index in [0.717, 1.165) is 19.3 Å². The Morgan fingerprint density at radius 3 is 2.29 bits per heavy atom. The van der Waals surface area contributed by atoms with Gasteiger partial charge in [-0.2, -0.15) is 5.26 Å². The van der Waals surface area contributed by atoms with E-state index in [1.165, 1.54) is 5.56 Å². The number of carbonyl (C=O) groups excluding carboxylic acids is 1. The molecule has 2 saturated heterocycles. The van der Waals surface area contributed by atoms with Crippen LogP contribution in [0.5, 0.6) is 0 Å². The summed E-state index contributed by atoms with van der Waals surface area (Å²) in [5.41, 5.74) is 1.48. The van der Waals surface area contributed by atoms with Crippen molar-refractivity contribution in [1.29, 1.82) is 5.26 Å². The molecule has 2 heterocycles. The quantitative estimate of drug-likeness (QED) is 0.626. The predicted molar refractivity (Wildman–Crippen MR) is 105 cm³/mol. The minimum atomic E-state index is -0.765. The second-order valence-electron chi connectivity index (χ2n) is 7.73. The standard InChI is InChI=1S/C22H27N3O3/c23-15-20(16-24-10-8-19(9-11-24)22(27)28)21(26)25-12-6-18(7-13-25)14-17-4-2-1-3-5-17/h1-5,16,18-19H,6-14H2,(H,27,28)/b20-16-. The Morgan fingerprint density at radius 2 is 1.71 bits per heavy atom. The van der Waals surface area contributed by atoms with Crippen LogP contribution in [-0.4, -0.2) is 53.0 Å². The summed E-state index contributed by atoms with van der Waals surface area (Å²) in [6.45, 7) is 2.48. The number of aliphatic carboxylic acids is 1. The van der Waals surface area contributed by atoms with Crippen LogP contribution in [0.3, 0.4) is 0 Å². The van der Waals surface area contributed by atoms with Crippen LogP contribution in [0.2, 0.25) is 0 Å². The topological polar surface area (TPSA) is 84.6 Å². The average molecular weight is 381 g/mol. The van der Waals surface area contributed by atoms with E-state index in [1.807, 2.05) is 17.0 Å². The molecule has 1 aromatic rings. The average Bonchev–Trinajstić information content (AvgIpc) is 2.73. The molecule has 1 aromatic carbocycles. The fourth-order valence-electron chi connectivity index (χ4n) is 4.05. The molecule has 0 spiro atoms. The summed E-state index contributed by atoms with van der Waals surface area (Å²) in [6.07, 6.45) is 5.64. The van der Waals surface area contributed by atoms with Crippen molar-refractivity contribution in [1.82, 2.24) is 9.80 Å². The lowest BCUT2D eigenvalue weighted by molar-refractivity contribution is -0.143. The molecule has 0 atom stereocenters. The molecule has 0 radical (unpaired) electrons. The Hall–Kier alpha value is -2.81. The number of likely N-dealkylation sites (tertiary alicyclic amines) is 2. The minimum absolute atomic E-state index is 0.148. The van der Waals surface area contributed by atoms with Crippen LogP contribution in [0.4, 0.5) is 0 Å². The van der Waals surface area contributed by atoms with E-state index in [4.69, 9.17) is 5.11 Å². The smallest absolute Gasteiger partial charge is 0.306 e. The van der Waals surface area contributed by atoms with Gasteiger partial charge >= 0.3 is 5.97 Å². The monoisotopic (exact) mass is 381 g/mol. The molecular weight excluding hydrogens is 354 g/mol. The SMILES string of the molecule is N#C/C(=C/N1CCC(C(=O)O)CC1)C(=O)N1CCC(Cc2ccccc2)CC1. The second-order valence-corrected chi connectivity index (χ2v) is 7.73. The highest BCUT2D eigenvalue weighted by atomic mass is 16.4. The number of benzene rings is 1. The van der Waals surface area contributed by atoms with Gasteiger partial charge in [0.2, 0.25) is 0 Å². The van der Waals surface area contributed by atoms with Crippen LogP contribution in [0.1, 0.15) is 31.2 Å². The molecule has 6 nitrogen and oxygen atoms in total. The van der Waals surface area contributed by atoms with Gasteiger partial charge in [-0.1, -0.05) is 30.3 Å². The number of nitriles is 1. The summed E-state index contributed by atoms with van der Waals surface area (Å²) in [6, 6.07) is 12.4. The van der Waals surface area contributed by atoms with Gasteiger partial charge in [-0.05, 0) is 43.6 Å². The van der Waals surface area contributed by atoms with E-state index in [0.29, 0.717) is 44.9 Å². The zero-order chi connectivity index (χ0) is 19.9. The van der Waals surface area contributed by atoms with Crippen molar-refractivity contribution in [3.05, 3.63) is 47.7 Å². The van der Waals surface area contributed by atoms with E-state index in [9.17, 15) is 14.9 Å². The van der Waals surface area contributed by atoms with Crippen LogP contribution < -0.4 is 0 Å². The lowest BCUT2D eigenvalue weighted by Gasteiger charge is -2.33. The van der Waals surface area contributed by atoms with Gasteiger partial charge in [0.05, 0.1) is 5.92 Å². The summed E-state index contributed by atoms with van der Waals surface area (Å²) in [5.74, 6) is -0.731. The number of rotatable bonds is 5. The largest absolute Gasteiger partial charge is 0.481 e. The predicted octanol–water partition coefficient (Wildman–Crippen LogP) is 2.67. The Morgan fingerprint density at radius 1 is 1.07 bits per heavy atom. The highest BCUT2D eigenvalue weighted by Gasteiger charge is 2.27. The molecule has 0 bridgehead atoms. The third-order valence-electron chi connectivity index (χ3n) is 5.81. The Balaban J connectivity index is 1.52. The van der Waals surface area contributed by atoms with Gasteiger partial charge in [0.25, 0.3) is 5.91 Å². The maximum Gasteiger partial charge on any atom is 0.306 e. The molecular formula is C22H27N3O3. The van der Waals surface area contributed by atoms with Gasteiger partial charge in [0.15, 0.2) is 0 Å². The van der Waals surface area contributed by atoms with Crippen LogP contribution >= 0.6 is 0 Å². The first kappa shape index (κ1) is 19.9. The molecule has 2 aliphatic rings. The third kappa shape index (κ3) is 5.13. The molecule has 1 amide bonds. The van der Waals surface area contributed by atoms with Gasteiger partial charge in [0, 0.05) is 32.4 Å².